The van der Waals surface area contributed by atoms with E-state index in [2.05, 4.69) is 22.8 Å². The molecule has 0 radical (unpaired) electrons. The van der Waals surface area contributed by atoms with Gasteiger partial charge in [0.15, 0.2) is 0 Å². The summed E-state index contributed by atoms with van der Waals surface area (Å²) in [5, 5.41) is 6.48. The number of piperidine rings is 1. The molecule has 2 aromatic heterocycles. The van der Waals surface area contributed by atoms with Crippen molar-refractivity contribution >= 4 is 17.2 Å². The molecule has 0 aliphatic carbocycles. The number of aromatic nitrogens is 2. The molecular formula is C16H21N3O2S. The molecule has 0 aromatic carbocycles. The van der Waals surface area contributed by atoms with E-state index in [4.69, 9.17) is 4.74 Å². The molecular weight excluding hydrogens is 298 g/mol. The van der Waals surface area contributed by atoms with Crippen LogP contribution in [-0.4, -0.2) is 40.8 Å². The Labute approximate surface area is 134 Å². The van der Waals surface area contributed by atoms with Crippen molar-refractivity contribution in [3.8, 4) is 5.75 Å². The van der Waals surface area contributed by atoms with Gasteiger partial charge in [-0.3, -0.25) is 9.48 Å². The van der Waals surface area contributed by atoms with Crippen molar-refractivity contribution in [2.45, 2.75) is 32.7 Å². The van der Waals surface area contributed by atoms with Crippen molar-refractivity contribution in [2.24, 2.45) is 0 Å². The van der Waals surface area contributed by atoms with Gasteiger partial charge in [0.05, 0.1) is 18.8 Å². The Kier molecular flexibility index (Phi) is 4.20. The highest BCUT2D eigenvalue weighted by Crippen LogP contribution is 2.29. The maximum absolute atomic E-state index is 12.7. The van der Waals surface area contributed by atoms with E-state index in [-0.39, 0.29) is 11.9 Å². The van der Waals surface area contributed by atoms with Crippen LogP contribution in [0.5, 0.6) is 5.75 Å². The van der Waals surface area contributed by atoms with Gasteiger partial charge in [0, 0.05) is 18.8 Å². The molecule has 3 rings (SSSR count). The first-order valence-electron chi connectivity index (χ1n) is 7.53. The standard InChI is InChI=1S/C16H21N3O2S/c1-11-9-12(2)19(17-11)13-5-4-7-18(10-13)16(20)15-14(21-3)6-8-22-15/h6,8-9,13H,4-5,7,10H2,1-3H3/t13-/m1/s1. The van der Waals surface area contributed by atoms with Gasteiger partial charge in [-0.15, -0.1) is 11.3 Å². The zero-order valence-corrected chi connectivity index (χ0v) is 14.0. The summed E-state index contributed by atoms with van der Waals surface area (Å²) in [6.07, 6.45) is 2.07. The monoisotopic (exact) mass is 319 g/mol. The van der Waals surface area contributed by atoms with Gasteiger partial charge in [-0.2, -0.15) is 5.10 Å². The van der Waals surface area contributed by atoms with Gasteiger partial charge >= 0.3 is 0 Å². The lowest BCUT2D eigenvalue weighted by Gasteiger charge is -2.33. The molecule has 0 N–H and O–H groups in total. The van der Waals surface area contributed by atoms with Crippen molar-refractivity contribution in [1.29, 1.82) is 0 Å². The van der Waals surface area contributed by atoms with Crippen LogP contribution >= 0.6 is 11.3 Å². The number of rotatable bonds is 3. The molecule has 0 unspecified atom stereocenters. The number of hydrogen-bond acceptors (Lipinski definition) is 4. The number of aryl methyl sites for hydroxylation is 2. The first-order chi connectivity index (χ1) is 10.6. The third-order valence-electron chi connectivity index (χ3n) is 4.12. The quantitative estimate of drug-likeness (QED) is 0.873. The Balaban J connectivity index is 1.78. The molecule has 1 saturated heterocycles. The molecule has 6 heteroatoms. The van der Waals surface area contributed by atoms with Crippen molar-refractivity contribution < 1.29 is 9.53 Å². The third kappa shape index (κ3) is 2.75. The lowest BCUT2D eigenvalue weighted by molar-refractivity contribution is 0.0673. The second-order valence-corrected chi connectivity index (χ2v) is 6.65. The Bertz CT molecular complexity index is 677. The highest BCUT2D eigenvalue weighted by Gasteiger charge is 2.28. The zero-order chi connectivity index (χ0) is 15.7. The lowest BCUT2D eigenvalue weighted by Crippen LogP contribution is -2.41. The van der Waals surface area contributed by atoms with E-state index in [1.54, 1.807) is 7.11 Å². The maximum Gasteiger partial charge on any atom is 0.267 e. The Morgan fingerprint density at radius 2 is 2.27 bits per heavy atom. The number of methoxy groups -OCH3 is 1. The predicted octanol–water partition coefficient (Wildman–Crippen LogP) is 3.05. The van der Waals surface area contributed by atoms with Crippen LogP contribution in [0.15, 0.2) is 17.5 Å². The topological polar surface area (TPSA) is 47.4 Å². The van der Waals surface area contributed by atoms with E-state index in [0.717, 1.165) is 30.8 Å². The number of carbonyl (C=O) groups excluding carboxylic acids is 1. The molecule has 2 aromatic rings. The fourth-order valence-corrected chi connectivity index (χ4v) is 3.94. The summed E-state index contributed by atoms with van der Waals surface area (Å²) >= 11 is 1.44. The van der Waals surface area contributed by atoms with Gasteiger partial charge in [0.2, 0.25) is 0 Å². The molecule has 0 bridgehead atoms. The molecule has 1 aliphatic rings. The molecule has 1 amide bonds. The average molecular weight is 319 g/mol. The van der Waals surface area contributed by atoms with Gasteiger partial charge in [-0.1, -0.05) is 0 Å². The SMILES string of the molecule is COc1ccsc1C(=O)N1CCC[C@@H](n2nc(C)cc2C)C1. The van der Waals surface area contributed by atoms with Crippen LogP contribution in [0.2, 0.25) is 0 Å². The number of amides is 1. The zero-order valence-electron chi connectivity index (χ0n) is 13.2. The number of carbonyl (C=O) groups is 1. The Morgan fingerprint density at radius 1 is 1.45 bits per heavy atom. The third-order valence-corrected chi connectivity index (χ3v) is 5.00. The first-order valence-corrected chi connectivity index (χ1v) is 8.41. The summed E-state index contributed by atoms with van der Waals surface area (Å²) < 4.78 is 7.35. The molecule has 22 heavy (non-hydrogen) atoms. The minimum atomic E-state index is 0.0677. The molecule has 0 spiro atoms. The normalized spacial score (nSPS) is 18.5. The van der Waals surface area contributed by atoms with Crippen LogP contribution < -0.4 is 4.74 Å². The summed E-state index contributed by atoms with van der Waals surface area (Å²) in [4.78, 5) is 15.4. The minimum absolute atomic E-state index is 0.0677. The smallest absolute Gasteiger partial charge is 0.267 e. The van der Waals surface area contributed by atoms with Gasteiger partial charge in [-0.25, -0.2) is 0 Å². The summed E-state index contributed by atoms with van der Waals surface area (Å²) in [5.74, 6) is 0.737. The Morgan fingerprint density at radius 3 is 2.95 bits per heavy atom. The van der Waals surface area contributed by atoms with E-state index >= 15 is 0 Å². The summed E-state index contributed by atoms with van der Waals surface area (Å²) in [7, 11) is 1.60. The first kappa shape index (κ1) is 15.1. The summed E-state index contributed by atoms with van der Waals surface area (Å²) in [6, 6.07) is 4.20. The van der Waals surface area contributed by atoms with Gasteiger partial charge < -0.3 is 9.64 Å². The molecule has 1 atom stereocenters. The van der Waals surface area contributed by atoms with Crippen LogP contribution in [0.25, 0.3) is 0 Å². The van der Waals surface area contributed by atoms with Crippen molar-refractivity contribution in [3.05, 3.63) is 33.8 Å². The molecule has 118 valence electrons. The predicted molar refractivity (Wildman–Crippen MR) is 86.7 cm³/mol. The second-order valence-electron chi connectivity index (χ2n) is 5.74. The largest absolute Gasteiger partial charge is 0.495 e. The van der Waals surface area contributed by atoms with Crippen molar-refractivity contribution in [3.63, 3.8) is 0 Å². The van der Waals surface area contributed by atoms with Crippen molar-refractivity contribution in [2.75, 3.05) is 20.2 Å². The average Bonchev–Trinajstić information content (AvgIpc) is 3.12. The molecule has 5 nitrogen and oxygen atoms in total. The highest BCUT2D eigenvalue weighted by atomic mass is 32.1. The minimum Gasteiger partial charge on any atom is -0.495 e. The van der Waals surface area contributed by atoms with Crippen molar-refractivity contribution in [1.82, 2.24) is 14.7 Å². The van der Waals surface area contributed by atoms with Gasteiger partial charge in [0.1, 0.15) is 10.6 Å². The number of hydrogen-bond donors (Lipinski definition) is 0. The van der Waals surface area contributed by atoms with Crippen LogP contribution in [0.4, 0.5) is 0 Å². The van der Waals surface area contributed by atoms with E-state index in [9.17, 15) is 4.79 Å². The second kappa shape index (κ2) is 6.12. The maximum atomic E-state index is 12.7. The van der Waals surface area contributed by atoms with Gasteiger partial charge in [-0.05, 0) is 44.2 Å². The van der Waals surface area contributed by atoms with Crippen LogP contribution in [0.3, 0.4) is 0 Å². The number of nitrogens with zero attached hydrogens (tertiary/aromatic N) is 3. The van der Waals surface area contributed by atoms with Crippen LogP contribution in [-0.2, 0) is 0 Å². The van der Waals surface area contributed by atoms with Gasteiger partial charge in [0.25, 0.3) is 5.91 Å². The van der Waals surface area contributed by atoms with Crippen LogP contribution in [0, 0.1) is 13.8 Å². The number of ether oxygens (including phenoxy) is 1. The highest BCUT2D eigenvalue weighted by molar-refractivity contribution is 7.12. The van der Waals surface area contributed by atoms with E-state index in [0.29, 0.717) is 17.2 Å². The molecule has 1 aliphatic heterocycles. The summed E-state index contributed by atoms with van der Waals surface area (Å²) in [6.45, 7) is 5.59. The van der Waals surface area contributed by atoms with Crippen LogP contribution in [0.1, 0.15) is 39.9 Å². The fraction of sp³-hybridized carbons (Fsp3) is 0.500. The number of likely N-dealkylation sites (tertiary alicyclic amines) is 1. The molecule has 0 saturated carbocycles. The lowest BCUT2D eigenvalue weighted by atomic mass is 10.1. The van der Waals surface area contributed by atoms with E-state index in [1.807, 2.05) is 23.3 Å². The molecule has 1 fully saturated rings. The fourth-order valence-electron chi connectivity index (χ4n) is 3.11. The summed E-state index contributed by atoms with van der Waals surface area (Å²) in [5.41, 5.74) is 2.19. The van der Waals surface area contributed by atoms with E-state index < -0.39 is 0 Å². The molecule has 3 heterocycles. The Hall–Kier alpha value is -1.82. The van der Waals surface area contributed by atoms with E-state index in [1.165, 1.54) is 11.3 Å². The number of thiophene rings is 1.